The lowest BCUT2D eigenvalue weighted by molar-refractivity contribution is -0.139. The molecule has 2 unspecified atom stereocenters. The Balaban J connectivity index is 2.65. The van der Waals surface area contributed by atoms with Crippen LogP contribution in [0.3, 0.4) is 0 Å². The summed E-state index contributed by atoms with van der Waals surface area (Å²) in [7, 11) is 0. The van der Waals surface area contributed by atoms with E-state index in [0.29, 0.717) is 6.42 Å². The zero-order chi connectivity index (χ0) is 13.7. The number of likely N-dealkylation sites (tertiary alicyclic amines) is 1. The van der Waals surface area contributed by atoms with Gasteiger partial charge in [-0.25, -0.2) is 9.59 Å². The van der Waals surface area contributed by atoms with Gasteiger partial charge in [0.2, 0.25) is 0 Å². The lowest BCUT2D eigenvalue weighted by Gasteiger charge is -2.29. The van der Waals surface area contributed by atoms with Crippen LogP contribution in [-0.2, 0) is 4.79 Å². The fourth-order valence-electron chi connectivity index (χ4n) is 2.61. The normalized spacial score (nSPS) is 24.9. The molecule has 1 rings (SSSR count). The van der Waals surface area contributed by atoms with E-state index in [2.05, 4.69) is 12.2 Å². The second kappa shape index (κ2) is 6.61. The van der Waals surface area contributed by atoms with Crippen molar-refractivity contribution in [2.45, 2.75) is 71.0 Å². The van der Waals surface area contributed by atoms with Crippen LogP contribution in [0.4, 0.5) is 4.79 Å². The molecule has 0 aromatic heterocycles. The maximum atomic E-state index is 12.2. The van der Waals surface area contributed by atoms with Crippen molar-refractivity contribution in [3.63, 3.8) is 0 Å². The van der Waals surface area contributed by atoms with Gasteiger partial charge in [0, 0.05) is 12.1 Å². The summed E-state index contributed by atoms with van der Waals surface area (Å²) < 4.78 is 0. The van der Waals surface area contributed by atoms with Gasteiger partial charge in [-0.3, -0.25) is 0 Å². The molecule has 1 aliphatic rings. The second-order valence-corrected chi connectivity index (χ2v) is 5.02. The van der Waals surface area contributed by atoms with E-state index in [1.54, 1.807) is 0 Å². The molecule has 3 atom stereocenters. The van der Waals surface area contributed by atoms with Crippen LogP contribution in [0, 0.1) is 0 Å². The first-order valence-corrected chi connectivity index (χ1v) is 6.82. The van der Waals surface area contributed by atoms with Gasteiger partial charge in [-0.1, -0.05) is 20.3 Å². The molecule has 5 heteroatoms. The Morgan fingerprint density at radius 2 is 2.06 bits per heavy atom. The van der Waals surface area contributed by atoms with Gasteiger partial charge in [-0.15, -0.1) is 0 Å². The van der Waals surface area contributed by atoms with Crippen molar-refractivity contribution in [1.82, 2.24) is 10.2 Å². The van der Waals surface area contributed by atoms with Crippen molar-refractivity contribution in [2.75, 3.05) is 0 Å². The monoisotopic (exact) mass is 256 g/mol. The summed E-state index contributed by atoms with van der Waals surface area (Å²) in [5, 5.41) is 11.7. The van der Waals surface area contributed by atoms with Gasteiger partial charge < -0.3 is 15.3 Å². The summed E-state index contributed by atoms with van der Waals surface area (Å²) in [6.45, 7) is 5.99. The fraction of sp³-hybridized carbons (Fsp3) is 0.846. The van der Waals surface area contributed by atoms with Crippen molar-refractivity contribution >= 4 is 12.0 Å². The maximum absolute atomic E-state index is 12.2. The van der Waals surface area contributed by atoms with Crippen molar-refractivity contribution in [3.05, 3.63) is 0 Å². The van der Waals surface area contributed by atoms with Crippen LogP contribution in [0.25, 0.3) is 0 Å². The van der Waals surface area contributed by atoms with Gasteiger partial charge in [0.25, 0.3) is 0 Å². The van der Waals surface area contributed by atoms with Gasteiger partial charge in [-0.2, -0.15) is 0 Å². The van der Waals surface area contributed by atoms with Crippen LogP contribution >= 0.6 is 0 Å². The summed E-state index contributed by atoms with van der Waals surface area (Å²) in [6.07, 6.45) is 4.14. The topological polar surface area (TPSA) is 69.6 Å². The minimum absolute atomic E-state index is 0.200. The van der Waals surface area contributed by atoms with Crippen LogP contribution in [0.2, 0.25) is 0 Å². The number of rotatable bonds is 5. The number of nitrogens with one attached hydrogen (secondary N) is 1. The highest BCUT2D eigenvalue weighted by Gasteiger charge is 2.34. The zero-order valence-corrected chi connectivity index (χ0v) is 11.5. The van der Waals surface area contributed by atoms with E-state index in [-0.39, 0.29) is 18.1 Å². The van der Waals surface area contributed by atoms with E-state index < -0.39 is 12.0 Å². The molecule has 1 saturated heterocycles. The number of hydrogen-bond donors (Lipinski definition) is 2. The fourth-order valence-corrected chi connectivity index (χ4v) is 2.61. The number of amides is 2. The number of carboxylic acid groups (broad SMARTS) is 1. The molecule has 0 radical (unpaired) electrons. The SMILES string of the molecule is CCC[C@H](NC(=O)N1C(C)CCC1CC)C(=O)O. The number of carboxylic acids is 1. The number of nitrogens with zero attached hydrogens (tertiary/aromatic N) is 1. The molecule has 0 aromatic carbocycles. The summed E-state index contributed by atoms with van der Waals surface area (Å²) in [5.41, 5.74) is 0. The Kier molecular flexibility index (Phi) is 5.44. The largest absolute Gasteiger partial charge is 0.480 e. The molecule has 0 bridgehead atoms. The average molecular weight is 256 g/mol. The van der Waals surface area contributed by atoms with Gasteiger partial charge in [0.1, 0.15) is 6.04 Å². The second-order valence-electron chi connectivity index (χ2n) is 5.02. The first-order valence-electron chi connectivity index (χ1n) is 6.82. The minimum atomic E-state index is -0.954. The molecule has 1 fully saturated rings. The standard InChI is InChI=1S/C13H24N2O3/c1-4-6-11(12(16)17)14-13(18)15-9(3)7-8-10(15)5-2/h9-11H,4-8H2,1-3H3,(H,14,18)(H,16,17)/t9?,10?,11-/m0/s1. The van der Waals surface area contributed by atoms with Crippen molar-refractivity contribution in [3.8, 4) is 0 Å². The molecular weight excluding hydrogens is 232 g/mol. The molecule has 0 aliphatic carbocycles. The predicted molar refractivity (Wildman–Crippen MR) is 69.5 cm³/mol. The molecular formula is C13H24N2O3. The molecule has 2 amide bonds. The summed E-state index contributed by atoms with van der Waals surface area (Å²) in [6, 6.07) is -0.553. The summed E-state index contributed by atoms with van der Waals surface area (Å²) in [4.78, 5) is 25.0. The van der Waals surface area contributed by atoms with Crippen LogP contribution in [0.1, 0.15) is 52.9 Å². The summed E-state index contributed by atoms with van der Waals surface area (Å²) >= 11 is 0. The van der Waals surface area contributed by atoms with E-state index in [1.165, 1.54) is 0 Å². The molecule has 1 aliphatic heterocycles. The Morgan fingerprint density at radius 3 is 2.56 bits per heavy atom. The Morgan fingerprint density at radius 1 is 1.39 bits per heavy atom. The van der Waals surface area contributed by atoms with Crippen molar-refractivity contribution < 1.29 is 14.7 Å². The van der Waals surface area contributed by atoms with Crippen molar-refractivity contribution in [2.24, 2.45) is 0 Å². The molecule has 0 saturated carbocycles. The Bertz CT molecular complexity index is 307. The molecule has 5 nitrogen and oxygen atoms in total. The Hall–Kier alpha value is -1.26. The molecule has 1 heterocycles. The third-order valence-electron chi connectivity index (χ3n) is 3.66. The van der Waals surface area contributed by atoms with E-state index in [1.807, 2.05) is 18.7 Å². The molecule has 104 valence electrons. The van der Waals surface area contributed by atoms with Crippen LogP contribution in [-0.4, -0.2) is 40.1 Å². The van der Waals surface area contributed by atoms with E-state index in [9.17, 15) is 9.59 Å². The van der Waals surface area contributed by atoms with E-state index >= 15 is 0 Å². The summed E-state index contributed by atoms with van der Waals surface area (Å²) in [5.74, 6) is -0.954. The molecule has 18 heavy (non-hydrogen) atoms. The Labute approximate surface area is 109 Å². The van der Waals surface area contributed by atoms with Crippen LogP contribution in [0.15, 0.2) is 0 Å². The maximum Gasteiger partial charge on any atom is 0.326 e. The quantitative estimate of drug-likeness (QED) is 0.792. The van der Waals surface area contributed by atoms with Gasteiger partial charge in [-0.05, 0) is 32.6 Å². The minimum Gasteiger partial charge on any atom is -0.480 e. The number of carbonyl (C=O) groups is 2. The van der Waals surface area contributed by atoms with E-state index in [0.717, 1.165) is 25.7 Å². The average Bonchev–Trinajstić information content (AvgIpc) is 2.69. The van der Waals surface area contributed by atoms with Crippen molar-refractivity contribution in [1.29, 1.82) is 0 Å². The number of urea groups is 1. The highest BCUT2D eigenvalue weighted by molar-refractivity contribution is 5.83. The zero-order valence-electron chi connectivity index (χ0n) is 11.5. The third-order valence-corrected chi connectivity index (χ3v) is 3.66. The third kappa shape index (κ3) is 3.37. The number of carbonyl (C=O) groups excluding carboxylic acids is 1. The molecule has 0 aromatic rings. The van der Waals surface area contributed by atoms with Crippen LogP contribution in [0.5, 0.6) is 0 Å². The van der Waals surface area contributed by atoms with Crippen LogP contribution < -0.4 is 5.32 Å². The highest BCUT2D eigenvalue weighted by Crippen LogP contribution is 2.25. The lowest BCUT2D eigenvalue weighted by atomic mass is 10.1. The number of hydrogen-bond acceptors (Lipinski definition) is 2. The first kappa shape index (κ1) is 14.8. The lowest BCUT2D eigenvalue weighted by Crippen LogP contribution is -2.51. The molecule has 0 spiro atoms. The van der Waals surface area contributed by atoms with E-state index in [4.69, 9.17) is 5.11 Å². The smallest absolute Gasteiger partial charge is 0.326 e. The first-order chi connectivity index (χ1) is 8.51. The van der Waals surface area contributed by atoms with Gasteiger partial charge in [0.05, 0.1) is 0 Å². The highest BCUT2D eigenvalue weighted by atomic mass is 16.4. The molecule has 2 N–H and O–H groups in total. The van der Waals surface area contributed by atoms with Gasteiger partial charge >= 0.3 is 12.0 Å². The number of aliphatic carboxylic acids is 1. The van der Waals surface area contributed by atoms with Gasteiger partial charge in [0.15, 0.2) is 0 Å². The predicted octanol–water partition coefficient (Wildman–Crippen LogP) is 2.21.